The van der Waals surface area contributed by atoms with Gasteiger partial charge >= 0.3 is 12.1 Å². The molecule has 170 valence electrons. The fourth-order valence-electron chi connectivity index (χ4n) is 3.55. The SMILES string of the molecule is CCOC(=O)/C=C/[C@@H]1[C@H](O)[C@H](OCc2ccccc2)CCN1C(=O)OCc1ccccc1. The van der Waals surface area contributed by atoms with E-state index in [0.29, 0.717) is 19.6 Å². The second kappa shape index (κ2) is 12.0. The van der Waals surface area contributed by atoms with Crippen LogP contribution in [0.4, 0.5) is 4.79 Å². The Hall–Kier alpha value is -3.16. The van der Waals surface area contributed by atoms with E-state index in [4.69, 9.17) is 14.2 Å². The third kappa shape index (κ3) is 6.67. The molecule has 1 amide bonds. The molecule has 0 unspecified atom stereocenters. The molecule has 7 nitrogen and oxygen atoms in total. The van der Waals surface area contributed by atoms with Crippen molar-refractivity contribution in [3.8, 4) is 0 Å². The number of benzene rings is 2. The van der Waals surface area contributed by atoms with Gasteiger partial charge in [-0.15, -0.1) is 0 Å². The molecule has 0 bridgehead atoms. The Morgan fingerprint density at radius 2 is 1.62 bits per heavy atom. The largest absolute Gasteiger partial charge is 0.463 e. The summed E-state index contributed by atoms with van der Waals surface area (Å²) in [6.45, 7) is 2.73. The van der Waals surface area contributed by atoms with E-state index in [2.05, 4.69) is 0 Å². The van der Waals surface area contributed by atoms with Gasteiger partial charge in [0.1, 0.15) is 12.7 Å². The Kier molecular flexibility index (Phi) is 8.83. The van der Waals surface area contributed by atoms with Gasteiger partial charge in [-0.2, -0.15) is 0 Å². The molecule has 0 aliphatic carbocycles. The van der Waals surface area contributed by atoms with Gasteiger partial charge in [-0.3, -0.25) is 4.90 Å². The number of esters is 1. The van der Waals surface area contributed by atoms with Gasteiger partial charge in [0.05, 0.1) is 25.4 Å². The highest BCUT2D eigenvalue weighted by Gasteiger charge is 2.39. The van der Waals surface area contributed by atoms with E-state index in [0.717, 1.165) is 11.1 Å². The van der Waals surface area contributed by atoms with E-state index >= 15 is 0 Å². The minimum Gasteiger partial charge on any atom is -0.463 e. The second-order valence-electron chi connectivity index (χ2n) is 7.45. The first-order valence-corrected chi connectivity index (χ1v) is 10.7. The lowest BCUT2D eigenvalue weighted by atomic mass is 9.95. The molecule has 1 heterocycles. The molecule has 0 aromatic heterocycles. The van der Waals surface area contributed by atoms with Gasteiger partial charge in [0, 0.05) is 12.6 Å². The average Bonchev–Trinajstić information content (AvgIpc) is 2.82. The van der Waals surface area contributed by atoms with Crippen LogP contribution in [0.5, 0.6) is 0 Å². The predicted octanol–water partition coefficient (Wildman–Crippen LogP) is 3.46. The van der Waals surface area contributed by atoms with Crippen LogP contribution >= 0.6 is 0 Å². The van der Waals surface area contributed by atoms with Crippen molar-refractivity contribution in [3.63, 3.8) is 0 Å². The van der Waals surface area contributed by atoms with Crippen LogP contribution in [0.15, 0.2) is 72.8 Å². The molecular weight excluding hydrogens is 410 g/mol. The quantitative estimate of drug-likeness (QED) is 0.501. The summed E-state index contributed by atoms with van der Waals surface area (Å²) in [5.41, 5.74) is 1.85. The molecule has 2 aromatic carbocycles. The summed E-state index contributed by atoms with van der Waals surface area (Å²) in [6, 6.07) is 18.2. The Morgan fingerprint density at radius 3 is 2.25 bits per heavy atom. The molecule has 1 aliphatic heterocycles. The van der Waals surface area contributed by atoms with Crippen LogP contribution < -0.4 is 0 Å². The molecule has 2 aromatic rings. The molecule has 1 aliphatic rings. The summed E-state index contributed by atoms with van der Waals surface area (Å²) in [5.74, 6) is -0.537. The Morgan fingerprint density at radius 1 is 1.00 bits per heavy atom. The number of hydrogen-bond donors (Lipinski definition) is 1. The van der Waals surface area contributed by atoms with Crippen molar-refractivity contribution in [1.82, 2.24) is 4.90 Å². The number of likely N-dealkylation sites (tertiary alicyclic amines) is 1. The zero-order valence-corrected chi connectivity index (χ0v) is 18.1. The number of ether oxygens (including phenoxy) is 3. The number of carbonyl (C=O) groups excluding carboxylic acids is 2. The van der Waals surface area contributed by atoms with Gasteiger partial charge in [-0.1, -0.05) is 66.7 Å². The fraction of sp³-hybridized carbons (Fsp3) is 0.360. The normalized spacial score (nSPS) is 20.8. The van der Waals surface area contributed by atoms with Crippen molar-refractivity contribution in [2.45, 2.75) is 44.8 Å². The van der Waals surface area contributed by atoms with Gasteiger partial charge in [-0.25, -0.2) is 9.59 Å². The zero-order valence-electron chi connectivity index (χ0n) is 18.1. The summed E-state index contributed by atoms with van der Waals surface area (Å²) >= 11 is 0. The summed E-state index contributed by atoms with van der Waals surface area (Å²) < 4.78 is 16.3. The highest BCUT2D eigenvalue weighted by Crippen LogP contribution is 2.24. The number of hydrogen-bond acceptors (Lipinski definition) is 6. The number of aliphatic hydroxyl groups excluding tert-OH is 1. The van der Waals surface area contributed by atoms with Crippen molar-refractivity contribution in [3.05, 3.63) is 83.9 Å². The highest BCUT2D eigenvalue weighted by molar-refractivity contribution is 5.82. The van der Waals surface area contributed by atoms with E-state index in [1.165, 1.54) is 17.1 Å². The number of amides is 1. The van der Waals surface area contributed by atoms with Gasteiger partial charge in [0.2, 0.25) is 0 Å². The van der Waals surface area contributed by atoms with Gasteiger partial charge in [0.25, 0.3) is 0 Å². The molecule has 7 heteroatoms. The Balaban J connectivity index is 1.67. The molecule has 1 saturated heterocycles. The molecule has 1 fully saturated rings. The van der Waals surface area contributed by atoms with Crippen molar-refractivity contribution in [2.24, 2.45) is 0 Å². The van der Waals surface area contributed by atoms with Crippen LogP contribution in [0.25, 0.3) is 0 Å². The van der Waals surface area contributed by atoms with Gasteiger partial charge in [-0.05, 0) is 24.5 Å². The minimum atomic E-state index is -1.03. The summed E-state index contributed by atoms with van der Waals surface area (Å²) in [7, 11) is 0. The smallest absolute Gasteiger partial charge is 0.410 e. The average molecular weight is 440 g/mol. The fourth-order valence-corrected chi connectivity index (χ4v) is 3.55. The molecular formula is C25H29NO6. The van der Waals surface area contributed by atoms with E-state index < -0.39 is 30.3 Å². The first-order chi connectivity index (χ1) is 15.6. The van der Waals surface area contributed by atoms with Gasteiger partial charge in [0.15, 0.2) is 0 Å². The van der Waals surface area contributed by atoms with Gasteiger partial charge < -0.3 is 19.3 Å². The number of rotatable bonds is 8. The maximum Gasteiger partial charge on any atom is 0.410 e. The lowest BCUT2D eigenvalue weighted by Gasteiger charge is -2.41. The summed E-state index contributed by atoms with van der Waals surface area (Å²) in [6.07, 6.45) is 1.07. The maximum absolute atomic E-state index is 12.8. The molecule has 0 radical (unpaired) electrons. The highest BCUT2D eigenvalue weighted by atomic mass is 16.6. The van der Waals surface area contributed by atoms with Crippen LogP contribution in [0.2, 0.25) is 0 Å². The molecule has 0 spiro atoms. The monoisotopic (exact) mass is 439 g/mol. The van der Waals surface area contributed by atoms with Crippen molar-refractivity contribution in [2.75, 3.05) is 13.2 Å². The molecule has 0 saturated carbocycles. The van der Waals surface area contributed by atoms with Crippen LogP contribution in [0, 0.1) is 0 Å². The predicted molar refractivity (Wildman–Crippen MR) is 119 cm³/mol. The molecule has 1 N–H and O–H groups in total. The molecule has 32 heavy (non-hydrogen) atoms. The first-order valence-electron chi connectivity index (χ1n) is 10.7. The van der Waals surface area contributed by atoms with E-state index in [9.17, 15) is 14.7 Å². The topological polar surface area (TPSA) is 85.3 Å². The van der Waals surface area contributed by atoms with E-state index in [1.807, 2.05) is 60.7 Å². The lowest BCUT2D eigenvalue weighted by molar-refractivity contribution is -0.137. The number of nitrogens with zero attached hydrogens (tertiary/aromatic N) is 1. The number of aliphatic hydroxyl groups is 1. The third-order valence-electron chi connectivity index (χ3n) is 5.21. The summed E-state index contributed by atoms with van der Waals surface area (Å²) in [5, 5.41) is 11.0. The van der Waals surface area contributed by atoms with E-state index in [-0.39, 0.29) is 13.2 Å². The lowest BCUT2D eigenvalue weighted by Crippen LogP contribution is -2.56. The number of piperidine rings is 1. The zero-order chi connectivity index (χ0) is 22.8. The van der Waals surface area contributed by atoms with Crippen molar-refractivity contribution < 1.29 is 28.9 Å². The molecule has 3 rings (SSSR count). The van der Waals surface area contributed by atoms with E-state index in [1.54, 1.807) is 6.92 Å². The van der Waals surface area contributed by atoms with Crippen LogP contribution in [0.3, 0.4) is 0 Å². The molecule has 3 atom stereocenters. The van der Waals surface area contributed by atoms with Crippen molar-refractivity contribution in [1.29, 1.82) is 0 Å². The summed E-state index contributed by atoms with van der Waals surface area (Å²) in [4.78, 5) is 26.0. The standard InChI is InChI=1S/C25H29NO6/c1-2-30-23(27)14-13-21-24(28)22(31-17-19-9-5-3-6-10-19)15-16-26(21)25(29)32-18-20-11-7-4-8-12-20/h3-14,21-22,24,28H,2,15-18H2,1H3/b14-13+/t21-,22-,24+/m1/s1. The minimum absolute atomic E-state index is 0.120. The Labute approximate surface area is 188 Å². The van der Waals surface area contributed by atoms with Crippen LogP contribution in [0.1, 0.15) is 24.5 Å². The number of carbonyl (C=O) groups is 2. The third-order valence-corrected chi connectivity index (χ3v) is 5.21. The van der Waals surface area contributed by atoms with Crippen molar-refractivity contribution >= 4 is 12.1 Å². The second-order valence-corrected chi connectivity index (χ2v) is 7.45. The van der Waals surface area contributed by atoms with Crippen LogP contribution in [-0.2, 0) is 32.2 Å². The Bertz CT molecular complexity index is 886. The first kappa shape index (κ1) is 23.5. The maximum atomic E-state index is 12.8. The van der Waals surface area contributed by atoms with Crippen LogP contribution in [-0.4, -0.2) is 53.5 Å².